The normalized spacial score (nSPS) is 11.7. The molecule has 5 N–H and O–H groups in total. The SMILES string of the molecule is CSC(COC=O)c1cncnc1Nc1cc(CN)ccc1N. The molecule has 0 amide bonds. The van der Waals surface area contributed by atoms with Crippen LogP contribution in [0.15, 0.2) is 30.7 Å². The molecule has 0 saturated heterocycles. The van der Waals surface area contributed by atoms with Crippen molar-refractivity contribution in [3.05, 3.63) is 41.9 Å². The van der Waals surface area contributed by atoms with E-state index >= 15 is 0 Å². The largest absolute Gasteiger partial charge is 0.466 e. The molecule has 1 unspecified atom stereocenters. The quantitative estimate of drug-likeness (QED) is 0.495. The van der Waals surface area contributed by atoms with Gasteiger partial charge in [-0.25, -0.2) is 9.97 Å². The molecule has 0 aliphatic rings. The first-order chi connectivity index (χ1) is 11.2. The standard InChI is InChI=1S/C15H19N5O2S/c1-23-14(7-22-9-21)11-6-18-8-19-15(11)20-13-4-10(5-16)2-3-12(13)17/h2-4,6,8-9,14H,5,7,16-17H2,1H3,(H,18,19,20). The van der Waals surface area contributed by atoms with Crippen LogP contribution >= 0.6 is 11.8 Å². The van der Waals surface area contributed by atoms with Gasteiger partial charge in [0.2, 0.25) is 0 Å². The number of hydrogen-bond acceptors (Lipinski definition) is 8. The zero-order chi connectivity index (χ0) is 16.7. The maximum atomic E-state index is 10.4. The molecule has 122 valence electrons. The van der Waals surface area contributed by atoms with E-state index in [0.29, 0.717) is 24.5 Å². The minimum absolute atomic E-state index is 0.0807. The number of benzene rings is 1. The highest BCUT2D eigenvalue weighted by Gasteiger charge is 2.17. The number of carbonyl (C=O) groups is 1. The summed E-state index contributed by atoms with van der Waals surface area (Å²) in [5.41, 5.74) is 14.8. The van der Waals surface area contributed by atoms with Crippen molar-refractivity contribution in [3.63, 3.8) is 0 Å². The number of rotatable bonds is 8. The third-order valence-corrected chi connectivity index (χ3v) is 4.25. The van der Waals surface area contributed by atoms with Gasteiger partial charge in [-0.1, -0.05) is 6.07 Å². The van der Waals surface area contributed by atoms with Crippen molar-refractivity contribution in [2.24, 2.45) is 5.73 Å². The number of nitrogens with one attached hydrogen (secondary N) is 1. The Bertz CT molecular complexity index is 668. The maximum Gasteiger partial charge on any atom is 0.293 e. The highest BCUT2D eigenvalue weighted by Crippen LogP contribution is 2.33. The van der Waals surface area contributed by atoms with Crippen molar-refractivity contribution in [1.82, 2.24) is 9.97 Å². The first kappa shape index (κ1) is 17.0. The molecule has 1 heterocycles. The van der Waals surface area contributed by atoms with Gasteiger partial charge < -0.3 is 21.5 Å². The Kier molecular flexibility index (Phi) is 6.19. The lowest BCUT2D eigenvalue weighted by molar-refractivity contribution is -0.128. The summed E-state index contributed by atoms with van der Waals surface area (Å²) < 4.78 is 4.88. The second kappa shape index (κ2) is 8.35. The minimum Gasteiger partial charge on any atom is -0.466 e. The molecule has 0 fully saturated rings. The first-order valence-electron chi connectivity index (χ1n) is 6.93. The van der Waals surface area contributed by atoms with Crippen LogP contribution in [0, 0.1) is 0 Å². The highest BCUT2D eigenvalue weighted by molar-refractivity contribution is 7.98. The van der Waals surface area contributed by atoms with Crippen LogP contribution in [0.25, 0.3) is 0 Å². The van der Waals surface area contributed by atoms with Crippen LogP contribution in [-0.2, 0) is 16.1 Å². The van der Waals surface area contributed by atoms with Crippen LogP contribution in [0.2, 0.25) is 0 Å². The third-order valence-electron chi connectivity index (χ3n) is 3.29. The Morgan fingerprint density at radius 1 is 1.48 bits per heavy atom. The van der Waals surface area contributed by atoms with E-state index in [-0.39, 0.29) is 11.9 Å². The molecule has 0 radical (unpaired) electrons. The molecule has 0 spiro atoms. The zero-order valence-electron chi connectivity index (χ0n) is 12.7. The lowest BCUT2D eigenvalue weighted by Gasteiger charge is -2.18. The van der Waals surface area contributed by atoms with Gasteiger partial charge in [-0.2, -0.15) is 11.8 Å². The molecule has 0 saturated carbocycles. The fraction of sp³-hybridized carbons (Fsp3) is 0.267. The molecule has 23 heavy (non-hydrogen) atoms. The summed E-state index contributed by atoms with van der Waals surface area (Å²) >= 11 is 1.54. The van der Waals surface area contributed by atoms with E-state index in [1.54, 1.807) is 24.0 Å². The number of hydrogen-bond donors (Lipinski definition) is 3. The Morgan fingerprint density at radius 3 is 3.00 bits per heavy atom. The molecule has 0 aliphatic carbocycles. The Morgan fingerprint density at radius 2 is 2.30 bits per heavy atom. The molecule has 2 rings (SSSR count). The number of nitrogens with zero attached hydrogens (tertiary/aromatic N) is 2. The number of ether oxygens (including phenoxy) is 1. The predicted octanol–water partition coefficient (Wildman–Crippen LogP) is 1.84. The average Bonchev–Trinajstić information content (AvgIpc) is 2.58. The molecule has 7 nitrogen and oxygen atoms in total. The minimum atomic E-state index is -0.0807. The monoisotopic (exact) mass is 333 g/mol. The lowest BCUT2D eigenvalue weighted by atomic mass is 10.1. The van der Waals surface area contributed by atoms with E-state index in [0.717, 1.165) is 16.8 Å². The fourth-order valence-electron chi connectivity index (χ4n) is 2.06. The van der Waals surface area contributed by atoms with Crippen molar-refractivity contribution in [2.75, 3.05) is 23.9 Å². The van der Waals surface area contributed by atoms with Gasteiger partial charge in [-0.05, 0) is 24.0 Å². The predicted molar refractivity (Wildman–Crippen MR) is 92.3 cm³/mol. The van der Waals surface area contributed by atoms with Crippen LogP contribution < -0.4 is 16.8 Å². The van der Waals surface area contributed by atoms with Crippen LogP contribution in [0.4, 0.5) is 17.2 Å². The van der Waals surface area contributed by atoms with Crippen LogP contribution in [0.3, 0.4) is 0 Å². The van der Waals surface area contributed by atoms with E-state index in [1.807, 2.05) is 18.4 Å². The molecule has 2 aromatic rings. The summed E-state index contributed by atoms with van der Waals surface area (Å²) in [6.07, 6.45) is 5.08. The number of nitrogen functional groups attached to an aromatic ring is 1. The van der Waals surface area contributed by atoms with Crippen molar-refractivity contribution in [1.29, 1.82) is 0 Å². The lowest BCUT2D eigenvalue weighted by Crippen LogP contribution is -2.09. The van der Waals surface area contributed by atoms with Crippen LogP contribution in [-0.4, -0.2) is 29.3 Å². The van der Waals surface area contributed by atoms with Gasteiger partial charge in [-0.15, -0.1) is 0 Å². The number of nitrogens with two attached hydrogens (primary N) is 2. The molecule has 8 heteroatoms. The summed E-state index contributed by atoms with van der Waals surface area (Å²) in [6.45, 7) is 1.10. The van der Waals surface area contributed by atoms with Crippen molar-refractivity contribution in [2.45, 2.75) is 11.8 Å². The van der Waals surface area contributed by atoms with Gasteiger partial charge in [0.1, 0.15) is 18.8 Å². The van der Waals surface area contributed by atoms with E-state index in [4.69, 9.17) is 16.2 Å². The van der Waals surface area contributed by atoms with Crippen molar-refractivity contribution in [3.8, 4) is 0 Å². The molecule has 0 bridgehead atoms. The van der Waals surface area contributed by atoms with Gasteiger partial charge in [0, 0.05) is 18.3 Å². The fourth-order valence-corrected chi connectivity index (χ4v) is 2.70. The molecular formula is C15H19N5O2S. The smallest absolute Gasteiger partial charge is 0.293 e. The topological polar surface area (TPSA) is 116 Å². The summed E-state index contributed by atoms with van der Waals surface area (Å²) in [7, 11) is 0. The van der Waals surface area contributed by atoms with Gasteiger partial charge in [-0.3, -0.25) is 4.79 Å². The summed E-state index contributed by atoms with van der Waals surface area (Å²) in [5.74, 6) is 0.620. The summed E-state index contributed by atoms with van der Waals surface area (Å²) in [5, 5.41) is 3.14. The van der Waals surface area contributed by atoms with Gasteiger partial charge in [0.25, 0.3) is 6.47 Å². The second-order valence-corrected chi connectivity index (χ2v) is 5.77. The van der Waals surface area contributed by atoms with Crippen LogP contribution in [0.5, 0.6) is 0 Å². The number of aromatic nitrogens is 2. The number of anilines is 3. The first-order valence-corrected chi connectivity index (χ1v) is 8.21. The molecular weight excluding hydrogens is 314 g/mol. The van der Waals surface area contributed by atoms with Crippen LogP contribution in [0.1, 0.15) is 16.4 Å². The second-order valence-electron chi connectivity index (χ2n) is 4.73. The molecule has 1 aromatic carbocycles. The average molecular weight is 333 g/mol. The summed E-state index contributed by atoms with van der Waals surface area (Å²) in [6, 6.07) is 5.56. The Hall–Kier alpha value is -2.32. The van der Waals surface area contributed by atoms with Gasteiger partial charge in [0.15, 0.2) is 0 Å². The number of thioether (sulfide) groups is 1. The van der Waals surface area contributed by atoms with Crippen molar-refractivity contribution >= 4 is 35.4 Å². The van der Waals surface area contributed by atoms with E-state index in [9.17, 15) is 4.79 Å². The molecule has 1 aromatic heterocycles. The van der Waals surface area contributed by atoms with Gasteiger partial charge >= 0.3 is 0 Å². The highest BCUT2D eigenvalue weighted by atomic mass is 32.2. The van der Waals surface area contributed by atoms with E-state index < -0.39 is 0 Å². The number of carbonyl (C=O) groups excluding carboxylic acids is 1. The Labute approximate surface area is 138 Å². The Balaban J connectivity index is 2.31. The van der Waals surface area contributed by atoms with E-state index in [1.165, 1.54) is 6.33 Å². The maximum absolute atomic E-state index is 10.4. The summed E-state index contributed by atoms with van der Waals surface area (Å²) in [4.78, 5) is 18.8. The van der Waals surface area contributed by atoms with Gasteiger partial charge in [0.05, 0.1) is 16.6 Å². The zero-order valence-corrected chi connectivity index (χ0v) is 13.5. The molecule has 1 atom stereocenters. The molecule has 0 aliphatic heterocycles. The van der Waals surface area contributed by atoms with E-state index in [2.05, 4.69) is 15.3 Å². The van der Waals surface area contributed by atoms with Crippen molar-refractivity contribution < 1.29 is 9.53 Å². The third kappa shape index (κ3) is 4.33.